The van der Waals surface area contributed by atoms with E-state index in [9.17, 15) is 22.4 Å². The fourth-order valence-electron chi connectivity index (χ4n) is 5.13. The number of methoxy groups -OCH3 is 1. The molecule has 8 nitrogen and oxygen atoms in total. The van der Waals surface area contributed by atoms with Crippen LogP contribution >= 0.6 is 0 Å². The number of anilines is 1. The Kier molecular flexibility index (Phi) is 10.2. The number of hydrogen-bond acceptors (Lipinski definition) is 5. The largest absolute Gasteiger partial charge is 0.497 e. The fraction of sp³-hybridized carbons (Fsp3) is 0.375. The minimum absolute atomic E-state index is 0.0512. The molecule has 1 N–H and O–H groups in total. The van der Waals surface area contributed by atoms with Crippen LogP contribution in [-0.2, 0) is 26.2 Å². The number of aryl methyl sites for hydroxylation is 1. The molecule has 1 atom stereocenters. The van der Waals surface area contributed by atoms with Gasteiger partial charge in [0, 0.05) is 12.6 Å². The second-order valence-electron chi connectivity index (χ2n) is 10.6. The zero-order valence-electron chi connectivity index (χ0n) is 24.3. The summed E-state index contributed by atoms with van der Waals surface area (Å²) in [7, 11) is -2.79. The van der Waals surface area contributed by atoms with Gasteiger partial charge in [0.1, 0.15) is 24.2 Å². The van der Waals surface area contributed by atoms with Crippen molar-refractivity contribution >= 4 is 27.5 Å². The fourth-order valence-corrected chi connectivity index (χ4v) is 6.55. The second kappa shape index (κ2) is 13.8. The van der Waals surface area contributed by atoms with E-state index in [1.165, 1.54) is 48.4 Å². The molecule has 0 radical (unpaired) electrons. The molecule has 4 rings (SSSR count). The summed E-state index contributed by atoms with van der Waals surface area (Å²) >= 11 is 0. The number of hydrogen-bond donors (Lipinski definition) is 1. The van der Waals surface area contributed by atoms with Gasteiger partial charge in [0.05, 0.1) is 17.7 Å². The van der Waals surface area contributed by atoms with Crippen LogP contribution in [0.5, 0.6) is 5.75 Å². The number of ether oxygens (including phenoxy) is 1. The number of nitrogens with one attached hydrogen (secondary N) is 1. The molecule has 1 aliphatic carbocycles. The van der Waals surface area contributed by atoms with E-state index in [0.29, 0.717) is 5.75 Å². The maximum absolute atomic E-state index is 14.1. The van der Waals surface area contributed by atoms with Crippen LogP contribution in [0.3, 0.4) is 0 Å². The van der Waals surface area contributed by atoms with Gasteiger partial charge in [0.15, 0.2) is 0 Å². The van der Waals surface area contributed by atoms with Gasteiger partial charge in [-0.2, -0.15) is 0 Å². The van der Waals surface area contributed by atoms with Crippen molar-refractivity contribution in [1.82, 2.24) is 10.2 Å². The quantitative estimate of drug-likeness (QED) is 0.329. The third-order valence-corrected chi connectivity index (χ3v) is 9.55. The average Bonchev–Trinajstić information content (AvgIpc) is 3.00. The molecule has 224 valence electrons. The van der Waals surface area contributed by atoms with Gasteiger partial charge < -0.3 is 15.0 Å². The molecule has 0 saturated heterocycles. The Morgan fingerprint density at radius 1 is 0.976 bits per heavy atom. The number of halogens is 1. The van der Waals surface area contributed by atoms with Crippen LogP contribution in [0, 0.1) is 12.7 Å². The average molecular weight is 596 g/mol. The van der Waals surface area contributed by atoms with Gasteiger partial charge in [-0.15, -0.1) is 0 Å². The van der Waals surface area contributed by atoms with E-state index >= 15 is 0 Å². The Bertz CT molecular complexity index is 1470. The number of carbonyl (C=O) groups is 2. The van der Waals surface area contributed by atoms with E-state index in [0.717, 1.165) is 59.7 Å². The lowest BCUT2D eigenvalue weighted by Gasteiger charge is -2.33. The Morgan fingerprint density at radius 2 is 1.62 bits per heavy atom. The lowest BCUT2D eigenvalue weighted by atomic mass is 9.95. The molecule has 3 aromatic rings. The van der Waals surface area contributed by atoms with Crippen molar-refractivity contribution in [2.75, 3.05) is 18.0 Å². The van der Waals surface area contributed by atoms with Gasteiger partial charge in [-0.1, -0.05) is 43.5 Å². The summed E-state index contributed by atoms with van der Waals surface area (Å²) in [6, 6.07) is 17.5. The molecule has 42 heavy (non-hydrogen) atoms. The standard InChI is InChI=1S/C32H38FN3O5S/c1-23-9-7-8-10-25(23)21-35(24(2)32(38)34-27-11-5-4-6-12-27)31(37)22-36(28-15-13-26(33)14-16-28)42(39,40)30-19-17-29(41-3)18-20-30/h7-10,13-20,24,27H,4-6,11-12,21-22H2,1-3H3,(H,34,38). The van der Waals surface area contributed by atoms with Gasteiger partial charge in [0.25, 0.3) is 10.0 Å². The highest BCUT2D eigenvalue weighted by atomic mass is 32.2. The van der Waals surface area contributed by atoms with Crippen molar-refractivity contribution in [2.45, 2.75) is 69.5 Å². The first kappa shape index (κ1) is 31.0. The summed E-state index contributed by atoms with van der Waals surface area (Å²) in [5, 5.41) is 3.09. The normalized spacial score (nSPS) is 14.6. The number of benzene rings is 3. The summed E-state index contributed by atoms with van der Waals surface area (Å²) in [5.74, 6) is -0.914. The SMILES string of the molecule is COc1ccc(S(=O)(=O)N(CC(=O)N(Cc2ccccc2C)C(C)C(=O)NC2CCCCC2)c2ccc(F)cc2)cc1. The molecular weight excluding hydrogens is 557 g/mol. The minimum Gasteiger partial charge on any atom is -0.497 e. The Balaban J connectivity index is 1.68. The summed E-state index contributed by atoms with van der Waals surface area (Å²) in [6.45, 7) is 3.11. The third-order valence-electron chi connectivity index (χ3n) is 7.76. The van der Waals surface area contributed by atoms with Crippen LogP contribution in [0.15, 0.2) is 77.7 Å². The molecule has 3 aromatic carbocycles. The molecule has 1 aliphatic rings. The zero-order chi connectivity index (χ0) is 30.3. The van der Waals surface area contributed by atoms with Crippen molar-refractivity contribution in [3.05, 3.63) is 89.7 Å². The van der Waals surface area contributed by atoms with Crippen molar-refractivity contribution in [1.29, 1.82) is 0 Å². The maximum Gasteiger partial charge on any atom is 0.264 e. The number of rotatable bonds is 11. The summed E-state index contributed by atoms with van der Waals surface area (Å²) < 4.78 is 47.7. The van der Waals surface area contributed by atoms with Crippen molar-refractivity contribution in [2.24, 2.45) is 0 Å². The first-order valence-corrected chi connectivity index (χ1v) is 15.6. The van der Waals surface area contributed by atoms with Crippen LogP contribution in [0.4, 0.5) is 10.1 Å². The molecule has 0 aromatic heterocycles. The Hall–Kier alpha value is -3.92. The van der Waals surface area contributed by atoms with Crippen molar-refractivity contribution < 1.29 is 27.1 Å². The van der Waals surface area contributed by atoms with Gasteiger partial charge in [-0.25, -0.2) is 12.8 Å². The topological polar surface area (TPSA) is 96.0 Å². The Morgan fingerprint density at radius 3 is 2.24 bits per heavy atom. The van der Waals surface area contributed by atoms with Crippen LogP contribution in [0.1, 0.15) is 50.2 Å². The van der Waals surface area contributed by atoms with E-state index in [2.05, 4.69) is 5.32 Å². The second-order valence-corrected chi connectivity index (χ2v) is 12.5. The van der Waals surface area contributed by atoms with E-state index in [4.69, 9.17) is 4.74 Å². The predicted molar refractivity (Wildman–Crippen MR) is 160 cm³/mol. The number of sulfonamides is 1. The van der Waals surface area contributed by atoms with E-state index in [1.54, 1.807) is 6.92 Å². The maximum atomic E-state index is 14.1. The van der Waals surface area contributed by atoms with Gasteiger partial charge in [-0.3, -0.25) is 13.9 Å². The number of amides is 2. The molecule has 0 bridgehead atoms. The van der Waals surface area contributed by atoms with E-state index in [-0.39, 0.29) is 29.1 Å². The van der Waals surface area contributed by atoms with Gasteiger partial charge in [0.2, 0.25) is 11.8 Å². The summed E-state index contributed by atoms with van der Waals surface area (Å²) in [5.41, 5.74) is 1.90. The highest BCUT2D eigenvalue weighted by molar-refractivity contribution is 7.92. The van der Waals surface area contributed by atoms with Crippen molar-refractivity contribution in [3.63, 3.8) is 0 Å². The molecule has 1 fully saturated rings. The highest BCUT2D eigenvalue weighted by Gasteiger charge is 2.33. The molecule has 10 heteroatoms. The predicted octanol–water partition coefficient (Wildman–Crippen LogP) is 5.20. The lowest BCUT2D eigenvalue weighted by molar-refractivity contribution is -0.139. The number of carbonyl (C=O) groups excluding carboxylic acids is 2. The first-order valence-electron chi connectivity index (χ1n) is 14.2. The molecular formula is C32H38FN3O5S. The van der Waals surface area contributed by atoms with Crippen LogP contribution in [0.2, 0.25) is 0 Å². The molecule has 1 saturated carbocycles. The number of nitrogens with zero attached hydrogens (tertiary/aromatic N) is 2. The highest BCUT2D eigenvalue weighted by Crippen LogP contribution is 2.26. The lowest BCUT2D eigenvalue weighted by Crippen LogP contribution is -2.53. The van der Waals surface area contributed by atoms with Crippen LogP contribution < -0.4 is 14.4 Å². The monoisotopic (exact) mass is 595 g/mol. The minimum atomic E-state index is -4.26. The van der Waals surface area contributed by atoms with Crippen LogP contribution in [0.25, 0.3) is 0 Å². The molecule has 2 amide bonds. The smallest absolute Gasteiger partial charge is 0.264 e. The summed E-state index contributed by atoms with van der Waals surface area (Å²) in [6.07, 6.45) is 5.01. The zero-order valence-corrected chi connectivity index (χ0v) is 25.1. The first-order chi connectivity index (χ1) is 20.1. The van der Waals surface area contributed by atoms with Crippen LogP contribution in [-0.4, -0.2) is 50.9 Å². The van der Waals surface area contributed by atoms with Crippen molar-refractivity contribution in [3.8, 4) is 5.75 Å². The van der Waals surface area contributed by atoms with Gasteiger partial charge >= 0.3 is 0 Å². The molecule has 1 unspecified atom stereocenters. The van der Waals surface area contributed by atoms with E-state index in [1.807, 2.05) is 31.2 Å². The molecule has 0 aliphatic heterocycles. The van der Waals surface area contributed by atoms with E-state index < -0.39 is 34.3 Å². The van der Waals surface area contributed by atoms with Gasteiger partial charge in [-0.05, 0) is 86.3 Å². The summed E-state index contributed by atoms with van der Waals surface area (Å²) in [4.78, 5) is 28.8. The molecule has 0 heterocycles. The Labute approximate surface area is 247 Å². The molecule has 0 spiro atoms. The third kappa shape index (κ3) is 7.47.